The van der Waals surface area contributed by atoms with Gasteiger partial charge >= 0.3 is 0 Å². The first kappa shape index (κ1) is 20.9. The zero-order chi connectivity index (χ0) is 21.1. The molecule has 1 unspecified atom stereocenters. The summed E-state index contributed by atoms with van der Waals surface area (Å²) in [5.41, 5.74) is 6.02. The van der Waals surface area contributed by atoms with Gasteiger partial charge in [0.15, 0.2) is 19.7 Å². The second-order valence-corrected chi connectivity index (χ2v) is 12.3. The molecule has 1 aliphatic rings. The van der Waals surface area contributed by atoms with Crippen LogP contribution in [0.4, 0.5) is 0 Å². The van der Waals surface area contributed by atoms with E-state index in [2.05, 4.69) is 62.3 Å². The highest BCUT2D eigenvalue weighted by Crippen LogP contribution is 2.57. The Balaban J connectivity index is 2.36. The summed E-state index contributed by atoms with van der Waals surface area (Å²) in [6.45, 7) is 10.4. The minimum atomic E-state index is -2.03. The Morgan fingerprint density at radius 3 is 2.03 bits per heavy atom. The number of methoxy groups -OCH3 is 2. The summed E-state index contributed by atoms with van der Waals surface area (Å²) in [5, 5.41) is 0. The normalized spacial score (nSPS) is 20.1. The topological polar surface area (TPSA) is 27.7 Å². The Morgan fingerprint density at radius 2 is 1.55 bits per heavy atom. The molecule has 2 aromatic carbocycles. The third kappa shape index (κ3) is 3.88. The molecule has 3 rings (SSSR count). The van der Waals surface area contributed by atoms with Gasteiger partial charge in [-0.2, -0.15) is 0 Å². The molecule has 2 aromatic rings. The molecule has 0 heterocycles. The second kappa shape index (κ2) is 8.30. The number of hydrogen-bond acceptors (Lipinski definition) is 3. The van der Waals surface area contributed by atoms with Crippen molar-refractivity contribution in [2.24, 2.45) is 0 Å². The van der Waals surface area contributed by atoms with E-state index in [4.69, 9.17) is 13.9 Å². The van der Waals surface area contributed by atoms with Crippen LogP contribution >= 0.6 is 0 Å². The predicted octanol–water partition coefficient (Wildman–Crippen LogP) is 6.05. The van der Waals surface area contributed by atoms with Crippen LogP contribution in [0.3, 0.4) is 0 Å². The summed E-state index contributed by atoms with van der Waals surface area (Å²) in [5.74, 6) is 1.34. The third-order valence-electron chi connectivity index (χ3n) is 4.72. The van der Waals surface area contributed by atoms with Crippen molar-refractivity contribution in [1.82, 2.24) is 0 Å². The number of hydrogen-bond donors (Lipinski definition) is 0. The Hall–Kier alpha value is -2.78. The van der Waals surface area contributed by atoms with Crippen LogP contribution < -0.4 is 0 Å². The third-order valence-corrected chi connectivity index (χ3v) is 5.64. The standard InChI is InChI=1S/C25H28O3Si/c1-7-22(26-2)25(28-29(4,5)6)21(18-19-14-10-8-11-15-19)24(27-3)23(25)20-16-12-9-13-17-20/h8-18H,1H2,2-6H3/b21-18+. The van der Waals surface area contributed by atoms with Gasteiger partial charge in [0, 0.05) is 11.1 Å². The van der Waals surface area contributed by atoms with Crippen molar-refractivity contribution < 1.29 is 13.9 Å². The van der Waals surface area contributed by atoms with E-state index in [1.165, 1.54) is 0 Å². The molecule has 1 atom stereocenters. The maximum Gasteiger partial charge on any atom is 0.186 e. The highest BCUT2D eigenvalue weighted by Gasteiger charge is 2.58. The van der Waals surface area contributed by atoms with Crippen LogP contribution in [0.25, 0.3) is 11.6 Å². The SMILES string of the molecule is C=C=C(OC)C1(O[Si](C)(C)C)C(c2ccccc2)=C(OC)/C1=C\c1ccccc1. The zero-order valence-corrected chi connectivity index (χ0v) is 18.8. The molecule has 3 nitrogen and oxygen atoms in total. The molecule has 150 valence electrons. The van der Waals surface area contributed by atoms with Crippen molar-refractivity contribution in [3.8, 4) is 0 Å². The minimum Gasteiger partial charge on any atom is -0.496 e. The highest BCUT2D eigenvalue weighted by atomic mass is 28.4. The molecule has 1 aliphatic carbocycles. The van der Waals surface area contributed by atoms with E-state index >= 15 is 0 Å². The molecule has 0 aromatic heterocycles. The Morgan fingerprint density at radius 1 is 0.966 bits per heavy atom. The summed E-state index contributed by atoms with van der Waals surface area (Å²) < 4.78 is 18.5. The molecule has 0 saturated heterocycles. The molecule has 0 fully saturated rings. The van der Waals surface area contributed by atoms with E-state index in [9.17, 15) is 0 Å². The van der Waals surface area contributed by atoms with Crippen LogP contribution in [0.1, 0.15) is 11.1 Å². The number of ether oxygens (including phenoxy) is 2. The smallest absolute Gasteiger partial charge is 0.186 e. The maximum absolute atomic E-state index is 6.86. The van der Waals surface area contributed by atoms with Crippen LogP contribution in [-0.4, -0.2) is 28.1 Å². The quantitative estimate of drug-likeness (QED) is 0.319. The van der Waals surface area contributed by atoms with Gasteiger partial charge in [0.25, 0.3) is 0 Å². The predicted molar refractivity (Wildman–Crippen MR) is 122 cm³/mol. The average Bonchev–Trinajstić information content (AvgIpc) is 2.71. The van der Waals surface area contributed by atoms with E-state index < -0.39 is 13.9 Å². The van der Waals surface area contributed by atoms with Gasteiger partial charge in [0.2, 0.25) is 0 Å². The molecule has 0 amide bonds. The summed E-state index contributed by atoms with van der Waals surface area (Å²) >= 11 is 0. The molecule has 29 heavy (non-hydrogen) atoms. The van der Waals surface area contributed by atoms with Gasteiger partial charge in [0.1, 0.15) is 5.76 Å². The lowest BCUT2D eigenvalue weighted by Gasteiger charge is -2.49. The summed E-state index contributed by atoms with van der Waals surface area (Å²) in [6.07, 6.45) is 2.10. The highest BCUT2D eigenvalue weighted by molar-refractivity contribution is 6.70. The maximum atomic E-state index is 6.86. The summed E-state index contributed by atoms with van der Waals surface area (Å²) in [7, 11) is 1.30. The monoisotopic (exact) mass is 404 g/mol. The van der Waals surface area contributed by atoms with Gasteiger partial charge in [-0.05, 0) is 36.8 Å². The Bertz CT molecular complexity index is 978. The van der Waals surface area contributed by atoms with Gasteiger partial charge in [-0.25, -0.2) is 0 Å². The summed E-state index contributed by atoms with van der Waals surface area (Å²) in [6, 6.07) is 20.3. The summed E-state index contributed by atoms with van der Waals surface area (Å²) in [4.78, 5) is 0. The van der Waals surface area contributed by atoms with Crippen molar-refractivity contribution in [2.75, 3.05) is 14.2 Å². The van der Waals surface area contributed by atoms with Crippen LogP contribution in [0.5, 0.6) is 0 Å². The largest absolute Gasteiger partial charge is 0.496 e. The zero-order valence-electron chi connectivity index (χ0n) is 17.8. The molecular formula is C25H28O3Si. The van der Waals surface area contributed by atoms with Crippen LogP contribution in [-0.2, 0) is 13.9 Å². The lowest BCUT2D eigenvalue weighted by atomic mass is 9.68. The van der Waals surface area contributed by atoms with Crippen LogP contribution in [0.15, 0.2) is 90.1 Å². The van der Waals surface area contributed by atoms with E-state index in [-0.39, 0.29) is 0 Å². The van der Waals surface area contributed by atoms with Crippen molar-refractivity contribution >= 4 is 20.0 Å². The second-order valence-electron chi connectivity index (χ2n) is 7.85. The van der Waals surface area contributed by atoms with Crippen LogP contribution in [0, 0.1) is 0 Å². The molecule has 0 N–H and O–H groups in total. The van der Waals surface area contributed by atoms with E-state index in [1.807, 2.05) is 36.4 Å². The fraction of sp³-hybridized carbons (Fsp3) is 0.240. The molecular weight excluding hydrogens is 376 g/mol. The Kier molecular flexibility index (Phi) is 5.99. The van der Waals surface area contributed by atoms with E-state index in [0.717, 1.165) is 28.0 Å². The first-order valence-corrected chi connectivity index (χ1v) is 13.0. The first-order valence-electron chi connectivity index (χ1n) is 9.64. The number of rotatable bonds is 7. The van der Waals surface area contributed by atoms with Gasteiger partial charge < -0.3 is 13.9 Å². The molecule has 4 heteroatoms. The lowest BCUT2D eigenvalue weighted by molar-refractivity contribution is 0.0932. The molecule has 0 spiro atoms. The molecule has 0 radical (unpaired) electrons. The van der Waals surface area contributed by atoms with Crippen molar-refractivity contribution in [3.05, 3.63) is 101 Å². The van der Waals surface area contributed by atoms with Crippen molar-refractivity contribution in [3.63, 3.8) is 0 Å². The average molecular weight is 405 g/mol. The van der Waals surface area contributed by atoms with Gasteiger partial charge in [-0.1, -0.05) is 73.0 Å². The van der Waals surface area contributed by atoms with Crippen molar-refractivity contribution in [1.29, 1.82) is 0 Å². The first-order chi connectivity index (χ1) is 13.9. The van der Waals surface area contributed by atoms with Crippen molar-refractivity contribution in [2.45, 2.75) is 25.2 Å². The Labute approximate surface area is 174 Å². The molecule has 0 bridgehead atoms. The van der Waals surface area contributed by atoms with Gasteiger partial charge in [-0.3, -0.25) is 0 Å². The molecule has 0 aliphatic heterocycles. The van der Waals surface area contributed by atoms with E-state index in [0.29, 0.717) is 5.76 Å². The van der Waals surface area contributed by atoms with Gasteiger partial charge in [-0.15, -0.1) is 0 Å². The van der Waals surface area contributed by atoms with E-state index in [1.54, 1.807) is 14.2 Å². The lowest BCUT2D eigenvalue weighted by Crippen LogP contribution is -2.53. The molecule has 0 saturated carbocycles. The van der Waals surface area contributed by atoms with Gasteiger partial charge in [0.05, 0.1) is 14.2 Å². The fourth-order valence-electron chi connectivity index (χ4n) is 3.75. The number of benzene rings is 2. The minimum absolute atomic E-state index is 0.543. The van der Waals surface area contributed by atoms with Crippen LogP contribution in [0.2, 0.25) is 19.6 Å². The fourth-order valence-corrected chi connectivity index (χ4v) is 4.97.